The fourth-order valence-electron chi connectivity index (χ4n) is 9.56. The Hall–Kier alpha value is -4.40. The first-order chi connectivity index (χ1) is 26.0. The predicted molar refractivity (Wildman–Crippen MR) is 199 cm³/mol. The Labute approximate surface area is 313 Å². The van der Waals surface area contributed by atoms with Gasteiger partial charge in [0.1, 0.15) is 39.6 Å². The average Bonchev–Trinajstić information content (AvgIpc) is 3.50. The number of aliphatic hydroxyl groups is 1. The summed E-state index contributed by atoms with van der Waals surface area (Å²) in [6.07, 6.45) is 7.01. The molecule has 1 amide bonds. The van der Waals surface area contributed by atoms with E-state index in [2.05, 4.69) is 14.9 Å². The lowest BCUT2D eigenvalue weighted by Gasteiger charge is -2.50. The molecule has 4 aromatic rings. The van der Waals surface area contributed by atoms with E-state index in [4.69, 9.17) is 19.2 Å². The van der Waals surface area contributed by atoms with E-state index in [1.165, 1.54) is 31.4 Å². The Bertz CT molecular complexity index is 2080. The van der Waals surface area contributed by atoms with E-state index in [-0.39, 0.29) is 82.1 Å². The minimum Gasteiger partial charge on any atom is -0.508 e. The molecule has 2 N–H and O–H groups in total. The number of fused-ring (bicyclic) bond motifs is 3. The zero-order valence-electron chi connectivity index (χ0n) is 31.1. The summed E-state index contributed by atoms with van der Waals surface area (Å²) in [5.74, 6) is -1.25. The predicted octanol–water partition coefficient (Wildman–Crippen LogP) is 5.45. The van der Waals surface area contributed by atoms with Crippen molar-refractivity contribution >= 4 is 33.4 Å². The van der Waals surface area contributed by atoms with Crippen molar-refractivity contribution in [2.75, 3.05) is 64.6 Å². The van der Waals surface area contributed by atoms with Crippen molar-refractivity contribution in [3.63, 3.8) is 0 Å². The minimum absolute atomic E-state index is 0.00576. The number of methoxy groups -OCH3 is 1. The number of piperidine rings is 2. The maximum atomic E-state index is 17.2. The van der Waals surface area contributed by atoms with Crippen LogP contribution in [-0.2, 0) is 9.53 Å². The second-order valence-corrected chi connectivity index (χ2v) is 15.8. The first-order valence-electron chi connectivity index (χ1n) is 19.0. The van der Waals surface area contributed by atoms with Crippen molar-refractivity contribution in [3.8, 4) is 28.9 Å². The van der Waals surface area contributed by atoms with Crippen LogP contribution in [0.1, 0.15) is 58.8 Å². The molecule has 8 rings (SSSR count). The minimum atomic E-state index is -1.24. The first-order valence-corrected chi connectivity index (χ1v) is 19.0. The lowest BCUT2D eigenvalue weighted by molar-refractivity contribution is -0.131. The van der Waals surface area contributed by atoms with Crippen LogP contribution in [-0.4, -0.2) is 118 Å². The van der Waals surface area contributed by atoms with Gasteiger partial charge in [-0.2, -0.15) is 9.97 Å². The highest BCUT2D eigenvalue weighted by Crippen LogP contribution is 2.50. The monoisotopic (exact) mass is 746 g/mol. The van der Waals surface area contributed by atoms with Gasteiger partial charge in [0.2, 0.25) is 11.8 Å². The van der Waals surface area contributed by atoms with Gasteiger partial charge in [-0.1, -0.05) is 18.6 Å². The van der Waals surface area contributed by atoms with Crippen LogP contribution in [0.25, 0.3) is 32.9 Å². The molecule has 288 valence electrons. The smallest absolute Gasteiger partial charge is 0.319 e. The molecule has 4 aliphatic rings. The van der Waals surface area contributed by atoms with Crippen LogP contribution in [0, 0.1) is 17.0 Å². The molecule has 54 heavy (non-hydrogen) atoms. The molecular formula is C40H48F2N6O6. The number of aromatic nitrogens is 3. The lowest BCUT2D eigenvalue weighted by atomic mass is 9.74. The molecule has 2 aromatic carbocycles. The third-order valence-corrected chi connectivity index (χ3v) is 12.0. The molecule has 3 unspecified atom stereocenters. The largest absolute Gasteiger partial charge is 0.508 e. The number of rotatable bonds is 7. The highest BCUT2D eigenvalue weighted by Gasteiger charge is 2.50. The fraction of sp³-hybridized carbons (Fsp3) is 0.550. The van der Waals surface area contributed by atoms with E-state index >= 15 is 8.78 Å². The summed E-state index contributed by atoms with van der Waals surface area (Å²) in [6.45, 7) is 7.04. The number of halogens is 2. The Morgan fingerprint density at radius 1 is 1.04 bits per heavy atom. The molecule has 4 fully saturated rings. The Kier molecular flexibility index (Phi) is 9.72. The number of anilines is 1. The van der Waals surface area contributed by atoms with Crippen molar-refractivity contribution in [2.24, 2.45) is 5.41 Å². The number of nitrogens with zero attached hydrogens (tertiary/aromatic N) is 6. The van der Waals surface area contributed by atoms with Crippen molar-refractivity contribution < 1.29 is 38.0 Å². The highest BCUT2D eigenvalue weighted by molar-refractivity contribution is 6.02. The molecule has 3 saturated heterocycles. The molecule has 1 saturated carbocycles. The standard InChI is InChI=1S/C40H48F2N6O6/c1-24(49)46-15-10-26(11-16-46)48-14-6-13-40(12-5-9-30(40)48)23-54-38-44-35-32(36(45-38)47-17-18-53-22-39(2,51)21-47)37(52-3)43-34(33(35)42)28-20-27(50)19-25-7-4-8-29(41)31(25)28/h4,7-8,19-20,26,30,50-51H,5-6,9-18,21-23H2,1-3H3. The molecule has 14 heteroatoms. The van der Waals surface area contributed by atoms with Crippen molar-refractivity contribution in [1.82, 2.24) is 24.8 Å². The number of β-amino-alcohol motifs (C(OH)–C–C–N with tert-alkyl or cyclic N) is 1. The maximum absolute atomic E-state index is 17.2. The van der Waals surface area contributed by atoms with E-state index in [0.717, 1.165) is 64.6 Å². The molecule has 12 nitrogen and oxygen atoms in total. The summed E-state index contributed by atoms with van der Waals surface area (Å²) in [5.41, 5.74) is -1.74. The van der Waals surface area contributed by atoms with Crippen LogP contribution < -0.4 is 14.4 Å². The van der Waals surface area contributed by atoms with Gasteiger partial charge < -0.3 is 34.2 Å². The van der Waals surface area contributed by atoms with Crippen molar-refractivity contribution in [2.45, 2.75) is 76.5 Å². The highest BCUT2D eigenvalue weighted by atomic mass is 19.1. The summed E-state index contributed by atoms with van der Waals surface area (Å²) in [4.78, 5) is 32.5. The van der Waals surface area contributed by atoms with Gasteiger partial charge in [-0.05, 0) is 75.6 Å². The molecule has 0 spiro atoms. The van der Waals surface area contributed by atoms with E-state index in [0.29, 0.717) is 30.6 Å². The molecule has 5 heterocycles. The molecule has 3 atom stereocenters. The number of amides is 1. The number of carbonyl (C=O) groups is 1. The molecule has 0 radical (unpaired) electrons. The Morgan fingerprint density at radius 2 is 1.83 bits per heavy atom. The number of likely N-dealkylation sites (tertiary alicyclic amines) is 2. The number of benzene rings is 2. The molecular weight excluding hydrogens is 698 g/mol. The van der Waals surface area contributed by atoms with Crippen LogP contribution >= 0.6 is 0 Å². The first kappa shape index (κ1) is 36.6. The zero-order valence-corrected chi connectivity index (χ0v) is 31.1. The van der Waals surface area contributed by atoms with Gasteiger partial charge in [0, 0.05) is 55.0 Å². The van der Waals surface area contributed by atoms with E-state index < -0.39 is 17.2 Å². The quantitative estimate of drug-likeness (QED) is 0.250. The average molecular weight is 747 g/mol. The van der Waals surface area contributed by atoms with Crippen LogP contribution in [0.4, 0.5) is 14.6 Å². The lowest BCUT2D eigenvalue weighted by Crippen LogP contribution is -2.57. The van der Waals surface area contributed by atoms with Crippen LogP contribution in [0.5, 0.6) is 17.6 Å². The number of phenols is 1. The number of ether oxygens (including phenoxy) is 3. The summed E-state index contributed by atoms with van der Waals surface area (Å²) in [5, 5.41) is 22.4. The van der Waals surface area contributed by atoms with Gasteiger partial charge in [-0.25, -0.2) is 13.8 Å². The van der Waals surface area contributed by atoms with E-state index in [1.807, 2.05) is 9.80 Å². The number of phenolic OH excluding ortho intramolecular Hbond substituents is 1. The number of carbonyl (C=O) groups excluding carboxylic acids is 1. The number of hydrogen-bond donors (Lipinski definition) is 2. The zero-order chi connectivity index (χ0) is 37.8. The third kappa shape index (κ3) is 6.66. The molecule has 1 aliphatic carbocycles. The summed E-state index contributed by atoms with van der Waals surface area (Å²) < 4.78 is 50.6. The van der Waals surface area contributed by atoms with Crippen molar-refractivity contribution in [1.29, 1.82) is 0 Å². The fourth-order valence-corrected chi connectivity index (χ4v) is 9.56. The number of hydrogen-bond acceptors (Lipinski definition) is 11. The normalized spacial score (nSPS) is 25.6. The van der Waals surface area contributed by atoms with Gasteiger partial charge >= 0.3 is 6.01 Å². The van der Waals surface area contributed by atoms with Gasteiger partial charge in [-0.15, -0.1) is 0 Å². The second-order valence-electron chi connectivity index (χ2n) is 15.8. The van der Waals surface area contributed by atoms with Crippen LogP contribution in [0.2, 0.25) is 0 Å². The van der Waals surface area contributed by atoms with Crippen LogP contribution in [0.3, 0.4) is 0 Å². The van der Waals surface area contributed by atoms with Gasteiger partial charge in [0.05, 0.1) is 33.5 Å². The van der Waals surface area contributed by atoms with Gasteiger partial charge in [-0.3, -0.25) is 9.69 Å². The SMILES string of the molecule is COc1nc(-c2cc(O)cc3cccc(F)c23)c(F)c2nc(OCC34CCCC3N(C3CCN(C(C)=O)CC3)CCC4)nc(N3CCOCC(C)(O)C3)c12. The van der Waals surface area contributed by atoms with Gasteiger partial charge in [0.25, 0.3) is 0 Å². The van der Waals surface area contributed by atoms with E-state index in [9.17, 15) is 15.0 Å². The van der Waals surface area contributed by atoms with Crippen LogP contribution in [0.15, 0.2) is 30.3 Å². The van der Waals surface area contributed by atoms with Crippen molar-refractivity contribution in [3.05, 3.63) is 42.0 Å². The Morgan fingerprint density at radius 3 is 2.61 bits per heavy atom. The summed E-state index contributed by atoms with van der Waals surface area (Å²) in [7, 11) is 1.40. The maximum Gasteiger partial charge on any atom is 0.319 e. The number of pyridine rings is 1. The Balaban J connectivity index is 1.21. The molecule has 2 aromatic heterocycles. The number of aromatic hydroxyl groups is 1. The topological polar surface area (TPSA) is 134 Å². The summed E-state index contributed by atoms with van der Waals surface area (Å²) in [6, 6.07) is 7.79. The van der Waals surface area contributed by atoms with E-state index in [1.54, 1.807) is 19.9 Å². The van der Waals surface area contributed by atoms with Gasteiger partial charge in [0.15, 0.2) is 5.82 Å². The molecule has 3 aliphatic heterocycles. The molecule has 0 bridgehead atoms. The second kappa shape index (κ2) is 14.3. The third-order valence-electron chi connectivity index (χ3n) is 12.0. The summed E-state index contributed by atoms with van der Waals surface area (Å²) >= 11 is 0.